The zero-order chi connectivity index (χ0) is 12.5. The summed E-state index contributed by atoms with van der Waals surface area (Å²) in [6.07, 6.45) is 0.481. The van der Waals surface area contributed by atoms with Crippen LogP contribution in [0.1, 0.15) is 38.1 Å². The van der Waals surface area contributed by atoms with E-state index in [1.807, 2.05) is 0 Å². The smallest absolute Gasteiger partial charge is 0.299 e. The monoisotopic (exact) mass is 225 g/mol. The molecule has 1 rings (SSSR count). The predicted molar refractivity (Wildman–Crippen MR) is 58.3 cm³/mol. The van der Waals surface area contributed by atoms with Gasteiger partial charge in [0.05, 0.1) is 10.8 Å². The Morgan fingerprint density at radius 2 is 2.19 bits per heavy atom. The van der Waals surface area contributed by atoms with E-state index in [9.17, 15) is 14.9 Å². The zero-order valence-electron chi connectivity index (χ0n) is 9.85. The van der Waals surface area contributed by atoms with Gasteiger partial charge in [0.2, 0.25) is 0 Å². The van der Waals surface area contributed by atoms with Crippen LogP contribution in [0, 0.1) is 10.1 Å². The second kappa shape index (κ2) is 4.42. The van der Waals surface area contributed by atoms with E-state index in [0.29, 0.717) is 17.8 Å². The number of rotatable bonds is 4. The minimum atomic E-state index is -0.502. The molecule has 88 valence electrons. The number of carbonyl (C=O) groups is 1. The van der Waals surface area contributed by atoms with Crippen LogP contribution in [0.5, 0.6) is 0 Å². The van der Waals surface area contributed by atoms with Crippen LogP contribution in [-0.4, -0.2) is 20.5 Å². The fraction of sp³-hybridized carbons (Fsp3) is 0.600. The Bertz CT molecular complexity index is 437. The fourth-order valence-electron chi connectivity index (χ4n) is 1.70. The van der Waals surface area contributed by atoms with Crippen LogP contribution in [0.15, 0.2) is 0 Å². The van der Waals surface area contributed by atoms with Crippen molar-refractivity contribution in [1.29, 1.82) is 0 Å². The topological polar surface area (TPSA) is 78.0 Å². The first-order chi connectivity index (χ1) is 7.40. The molecule has 6 nitrogen and oxygen atoms in total. The van der Waals surface area contributed by atoms with E-state index in [0.717, 1.165) is 0 Å². The first kappa shape index (κ1) is 12.4. The Hall–Kier alpha value is -1.72. The van der Waals surface area contributed by atoms with Gasteiger partial charge in [-0.05, 0) is 20.3 Å². The van der Waals surface area contributed by atoms with Crippen molar-refractivity contribution in [3.05, 3.63) is 21.5 Å². The average Bonchev–Trinajstić information content (AvgIpc) is 2.53. The Labute approximate surface area is 93.4 Å². The van der Waals surface area contributed by atoms with E-state index in [4.69, 9.17) is 0 Å². The second-order valence-electron chi connectivity index (χ2n) is 3.75. The molecule has 0 aliphatic rings. The first-order valence-corrected chi connectivity index (χ1v) is 5.10. The molecule has 6 heteroatoms. The number of aryl methyl sites for hydroxylation is 2. The maximum atomic E-state index is 11.3. The molecule has 16 heavy (non-hydrogen) atoms. The Kier molecular flexibility index (Phi) is 3.41. The van der Waals surface area contributed by atoms with Gasteiger partial charge in [0, 0.05) is 7.05 Å². The molecular weight excluding hydrogens is 210 g/mol. The lowest BCUT2D eigenvalue weighted by Gasteiger charge is -2.06. The summed E-state index contributed by atoms with van der Waals surface area (Å²) >= 11 is 0. The van der Waals surface area contributed by atoms with Crippen LogP contribution in [0.4, 0.5) is 5.69 Å². The summed E-state index contributed by atoms with van der Waals surface area (Å²) in [4.78, 5) is 21.8. The highest BCUT2D eigenvalue weighted by Gasteiger charge is 2.30. The Morgan fingerprint density at radius 1 is 1.62 bits per heavy atom. The van der Waals surface area contributed by atoms with Gasteiger partial charge in [-0.3, -0.25) is 19.6 Å². The molecule has 0 saturated heterocycles. The summed E-state index contributed by atoms with van der Waals surface area (Å²) in [5, 5.41) is 15.1. The number of ketones is 1. The highest BCUT2D eigenvalue weighted by atomic mass is 16.6. The van der Waals surface area contributed by atoms with Crippen molar-refractivity contribution in [2.45, 2.75) is 33.1 Å². The summed E-state index contributed by atoms with van der Waals surface area (Å²) < 4.78 is 1.43. The van der Waals surface area contributed by atoms with Crippen LogP contribution in [0.2, 0.25) is 0 Å². The highest BCUT2D eigenvalue weighted by Crippen LogP contribution is 2.30. The summed E-state index contributed by atoms with van der Waals surface area (Å²) in [5.41, 5.74) is 0.789. The number of hydrogen-bond donors (Lipinski definition) is 0. The molecule has 0 N–H and O–H groups in total. The number of carbonyl (C=O) groups excluding carboxylic acids is 1. The molecule has 0 aliphatic heterocycles. The largest absolute Gasteiger partial charge is 0.314 e. The lowest BCUT2D eigenvalue weighted by molar-refractivity contribution is -0.386. The number of aromatic nitrogens is 2. The molecule has 0 spiro atoms. The third kappa shape index (κ3) is 1.95. The van der Waals surface area contributed by atoms with E-state index >= 15 is 0 Å². The van der Waals surface area contributed by atoms with Gasteiger partial charge in [-0.25, -0.2) is 0 Å². The van der Waals surface area contributed by atoms with Gasteiger partial charge in [-0.2, -0.15) is 5.10 Å². The van der Waals surface area contributed by atoms with E-state index < -0.39 is 10.8 Å². The number of nitro groups is 1. The normalized spacial score (nSPS) is 12.5. The highest BCUT2D eigenvalue weighted by molar-refractivity contribution is 5.83. The molecule has 0 amide bonds. The van der Waals surface area contributed by atoms with E-state index in [1.54, 1.807) is 20.9 Å². The molecule has 0 fully saturated rings. The molecule has 1 heterocycles. The van der Waals surface area contributed by atoms with Crippen LogP contribution >= 0.6 is 0 Å². The van der Waals surface area contributed by atoms with Crippen LogP contribution < -0.4 is 0 Å². The first-order valence-electron chi connectivity index (χ1n) is 5.10. The van der Waals surface area contributed by atoms with Crippen molar-refractivity contribution in [3.63, 3.8) is 0 Å². The quantitative estimate of drug-likeness (QED) is 0.575. The molecule has 1 aromatic rings. The van der Waals surface area contributed by atoms with Gasteiger partial charge in [-0.1, -0.05) is 6.92 Å². The summed E-state index contributed by atoms with van der Waals surface area (Å²) in [5.74, 6) is -0.605. The minimum Gasteiger partial charge on any atom is -0.299 e. The number of Topliss-reactive ketones (excluding diaryl/α,β-unsaturated/α-hetero) is 1. The van der Waals surface area contributed by atoms with E-state index in [-0.39, 0.29) is 11.5 Å². The van der Waals surface area contributed by atoms with E-state index in [2.05, 4.69) is 5.10 Å². The fourth-order valence-corrected chi connectivity index (χ4v) is 1.70. The molecule has 0 radical (unpaired) electrons. The van der Waals surface area contributed by atoms with E-state index in [1.165, 1.54) is 11.6 Å². The average molecular weight is 225 g/mol. The number of hydrogen-bond acceptors (Lipinski definition) is 4. The molecule has 1 aromatic heterocycles. The Morgan fingerprint density at radius 3 is 2.56 bits per heavy atom. The number of nitrogens with zero attached hydrogens (tertiary/aromatic N) is 3. The molecule has 0 aliphatic carbocycles. The SMILES string of the molecule is CCc1nn(C)c(C(C)C(C)=O)c1[N+](=O)[O-]. The van der Waals surface area contributed by atoms with Crippen molar-refractivity contribution in [2.24, 2.45) is 7.05 Å². The van der Waals surface area contributed by atoms with Crippen molar-refractivity contribution in [3.8, 4) is 0 Å². The van der Waals surface area contributed by atoms with Crippen LogP contribution in [0.25, 0.3) is 0 Å². The zero-order valence-corrected chi connectivity index (χ0v) is 9.85. The minimum absolute atomic E-state index is 0.0206. The summed E-state index contributed by atoms with van der Waals surface area (Å²) in [6, 6.07) is 0. The molecule has 0 aromatic carbocycles. The standard InChI is InChI=1S/C10H15N3O3/c1-5-8-10(13(15)16)9(12(4)11-8)6(2)7(3)14/h6H,5H2,1-4H3. The lowest BCUT2D eigenvalue weighted by Crippen LogP contribution is -2.11. The third-order valence-electron chi connectivity index (χ3n) is 2.67. The predicted octanol–water partition coefficient (Wildman–Crippen LogP) is 1.58. The molecule has 1 unspecified atom stereocenters. The van der Waals surface area contributed by atoms with Gasteiger partial charge < -0.3 is 0 Å². The maximum Gasteiger partial charge on any atom is 0.314 e. The van der Waals surface area contributed by atoms with Gasteiger partial charge >= 0.3 is 5.69 Å². The molecule has 0 saturated carbocycles. The Balaban J connectivity index is 3.42. The lowest BCUT2D eigenvalue weighted by atomic mass is 10.0. The van der Waals surface area contributed by atoms with Crippen LogP contribution in [-0.2, 0) is 18.3 Å². The summed E-state index contributed by atoms with van der Waals surface area (Å²) in [7, 11) is 1.63. The van der Waals surface area contributed by atoms with Gasteiger partial charge in [0.1, 0.15) is 17.2 Å². The van der Waals surface area contributed by atoms with Crippen molar-refractivity contribution in [2.75, 3.05) is 0 Å². The van der Waals surface area contributed by atoms with Gasteiger partial charge in [0.25, 0.3) is 0 Å². The van der Waals surface area contributed by atoms with Crippen molar-refractivity contribution in [1.82, 2.24) is 9.78 Å². The second-order valence-corrected chi connectivity index (χ2v) is 3.75. The molecule has 1 atom stereocenters. The van der Waals surface area contributed by atoms with Gasteiger partial charge in [-0.15, -0.1) is 0 Å². The summed E-state index contributed by atoms with van der Waals surface area (Å²) in [6.45, 7) is 4.89. The maximum absolute atomic E-state index is 11.3. The van der Waals surface area contributed by atoms with Crippen molar-refractivity contribution >= 4 is 11.5 Å². The molecular formula is C10H15N3O3. The van der Waals surface area contributed by atoms with Crippen molar-refractivity contribution < 1.29 is 9.72 Å². The van der Waals surface area contributed by atoms with Gasteiger partial charge in [0.15, 0.2) is 0 Å². The third-order valence-corrected chi connectivity index (χ3v) is 2.67. The molecule has 0 bridgehead atoms. The van der Waals surface area contributed by atoms with Crippen LogP contribution in [0.3, 0.4) is 0 Å².